The molecule has 3 atom stereocenters. The molecule has 1 aliphatic carbocycles. The average molecular weight is 410 g/mol. The molecule has 1 spiro atoms. The first-order valence-corrected chi connectivity index (χ1v) is 10.2. The Morgan fingerprint density at radius 3 is 2.61 bits per heavy atom. The molecule has 0 saturated heterocycles. The average Bonchev–Trinajstić information content (AvgIpc) is 3.04. The molecule has 1 amide bonds. The number of likely N-dealkylation sites (N-methyl/N-ethyl adjacent to an activating group) is 1. The fourth-order valence-electron chi connectivity index (χ4n) is 5.54. The van der Waals surface area contributed by atoms with Crippen molar-refractivity contribution in [2.24, 2.45) is 17.3 Å². The molecule has 1 fully saturated rings. The summed E-state index contributed by atoms with van der Waals surface area (Å²) in [5.41, 5.74) is -1.66. The standard InChI is InChI=1S/C24H22N6O/c1-3-10-30-20-8-6-5-7-17(20)24(22(30)31)18(12-25)21(28)23(14-26,15-27)16-9-11-29(4-2)13-19(16)24/h3,5-9,18-19,28H,1,4,10-11,13H2,2H3/t18-,19+,24+/m0/s1. The summed E-state index contributed by atoms with van der Waals surface area (Å²) in [5, 5.41) is 39.2. The summed E-state index contributed by atoms with van der Waals surface area (Å²) in [5.74, 6) is -2.07. The minimum Gasteiger partial charge on any atom is -0.307 e. The molecule has 7 heteroatoms. The summed E-state index contributed by atoms with van der Waals surface area (Å²) < 4.78 is 0. The van der Waals surface area contributed by atoms with Gasteiger partial charge in [0.15, 0.2) is 0 Å². The highest BCUT2D eigenvalue weighted by molar-refractivity contribution is 6.16. The van der Waals surface area contributed by atoms with Crippen molar-refractivity contribution in [3.05, 3.63) is 54.1 Å². The molecule has 0 unspecified atom stereocenters. The van der Waals surface area contributed by atoms with E-state index in [4.69, 9.17) is 5.41 Å². The van der Waals surface area contributed by atoms with Gasteiger partial charge in [0.2, 0.25) is 11.3 Å². The van der Waals surface area contributed by atoms with E-state index in [-0.39, 0.29) is 18.2 Å². The number of nitrogens with zero attached hydrogens (tertiary/aromatic N) is 5. The number of rotatable bonds is 3. The number of amides is 1. The lowest BCUT2D eigenvalue weighted by molar-refractivity contribution is -0.126. The highest BCUT2D eigenvalue weighted by Crippen LogP contribution is 2.60. The number of carbonyl (C=O) groups excluding carboxylic acids is 1. The van der Waals surface area contributed by atoms with Crippen LogP contribution in [-0.4, -0.2) is 42.7 Å². The number of carbonyl (C=O) groups is 1. The van der Waals surface area contributed by atoms with Gasteiger partial charge in [0, 0.05) is 31.2 Å². The van der Waals surface area contributed by atoms with Crippen molar-refractivity contribution in [2.75, 3.05) is 31.1 Å². The van der Waals surface area contributed by atoms with Crippen molar-refractivity contribution < 1.29 is 4.79 Å². The zero-order valence-electron chi connectivity index (χ0n) is 17.3. The first kappa shape index (κ1) is 20.5. The Labute approximate surface area is 181 Å². The van der Waals surface area contributed by atoms with E-state index in [1.807, 2.05) is 49.4 Å². The zero-order chi connectivity index (χ0) is 22.4. The van der Waals surface area contributed by atoms with Crippen LogP contribution in [-0.2, 0) is 10.2 Å². The Bertz CT molecular complexity index is 1130. The van der Waals surface area contributed by atoms with Gasteiger partial charge in [-0.15, -0.1) is 6.58 Å². The number of hydrogen-bond donors (Lipinski definition) is 1. The molecule has 154 valence electrons. The van der Waals surface area contributed by atoms with Gasteiger partial charge in [-0.3, -0.25) is 9.69 Å². The van der Waals surface area contributed by atoms with Gasteiger partial charge < -0.3 is 10.3 Å². The number of benzene rings is 1. The van der Waals surface area contributed by atoms with Crippen LogP contribution in [0.5, 0.6) is 0 Å². The fraction of sp³-hybridized carbons (Fsp3) is 0.375. The van der Waals surface area contributed by atoms with Crippen LogP contribution in [0.4, 0.5) is 5.69 Å². The molecule has 0 bridgehead atoms. The number of fused-ring (bicyclic) bond motifs is 4. The maximum Gasteiger partial charge on any atom is 0.240 e. The van der Waals surface area contributed by atoms with Crippen LogP contribution in [0.15, 0.2) is 48.6 Å². The number of hydrogen-bond acceptors (Lipinski definition) is 6. The van der Waals surface area contributed by atoms with E-state index >= 15 is 0 Å². The summed E-state index contributed by atoms with van der Waals surface area (Å²) in [6.07, 6.45) is 3.45. The molecule has 2 aliphatic heterocycles. The van der Waals surface area contributed by atoms with E-state index in [0.717, 1.165) is 6.54 Å². The fourth-order valence-corrected chi connectivity index (χ4v) is 5.54. The van der Waals surface area contributed by atoms with E-state index < -0.39 is 22.7 Å². The first-order chi connectivity index (χ1) is 15.0. The zero-order valence-corrected chi connectivity index (χ0v) is 17.3. The smallest absolute Gasteiger partial charge is 0.240 e. The minimum atomic E-state index is -1.84. The van der Waals surface area contributed by atoms with Gasteiger partial charge >= 0.3 is 0 Å². The second-order valence-electron chi connectivity index (χ2n) is 8.10. The van der Waals surface area contributed by atoms with Crippen molar-refractivity contribution >= 4 is 17.3 Å². The van der Waals surface area contributed by atoms with E-state index in [2.05, 4.69) is 17.5 Å². The highest BCUT2D eigenvalue weighted by atomic mass is 16.2. The molecule has 7 nitrogen and oxygen atoms in total. The Morgan fingerprint density at radius 1 is 1.29 bits per heavy atom. The summed E-state index contributed by atoms with van der Waals surface area (Å²) in [6.45, 7) is 7.73. The van der Waals surface area contributed by atoms with Crippen LogP contribution in [0, 0.1) is 56.7 Å². The highest BCUT2D eigenvalue weighted by Gasteiger charge is 2.70. The number of para-hydroxylation sites is 1. The molecular weight excluding hydrogens is 388 g/mol. The molecule has 1 saturated carbocycles. The number of anilines is 1. The molecule has 0 aromatic heterocycles. The van der Waals surface area contributed by atoms with Crippen LogP contribution in [0.3, 0.4) is 0 Å². The lowest BCUT2D eigenvalue weighted by Crippen LogP contribution is -2.64. The Hall–Kier alpha value is -3.73. The quantitative estimate of drug-likeness (QED) is 0.768. The summed E-state index contributed by atoms with van der Waals surface area (Å²) in [4.78, 5) is 17.8. The topological polar surface area (TPSA) is 119 Å². The van der Waals surface area contributed by atoms with Crippen molar-refractivity contribution in [1.82, 2.24) is 4.90 Å². The normalized spacial score (nSPS) is 28.7. The third-order valence-corrected chi connectivity index (χ3v) is 6.98. The maximum atomic E-state index is 14.1. The minimum absolute atomic E-state index is 0.272. The van der Waals surface area contributed by atoms with E-state index in [1.165, 1.54) is 0 Å². The Kier molecular flexibility index (Phi) is 4.77. The lowest BCUT2D eigenvalue weighted by Gasteiger charge is -2.52. The van der Waals surface area contributed by atoms with Crippen molar-refractivity contribution in [2.45, 2.75) is 12.3 Å². The third-order valence-electron chi connectivity index (χ3n) is 6.98. The first-order valence-electron chi connectivity index (χ1n) is 10.2. The molecule has 1 aromatic rings. The van der Waals surface area contributed by atoms with Crippen molar-refractivity contribution in [3.8, 4) is 18.2 Å². The third kappa shape index (κ3) is 2.34. The lowest BCUT2D eigenvalue weighted by atomic mass is 9.48. The van der Waals surface area contributed by atoms with Gasteiger partial charge in [-0.25, -0.2) is 0 Å². The second-order valence-corrected chi connectivity index (χ2v) is 8.10. The van der Waals surface area contributed by atoms with E-state index in [1.54, 1.807) is 11.0 Å². The summed E-state index contributed by atoms with van der Waals surface area (Å²) in [6, 6.07) is 13.6. The monoisotopic (exact) mass is 410 g/mol. The van der Waals surface area contributed by atoms with Gasteiger partial charge in [-0.2, -0.15) is 15.8 Å². The maximum absolute atomic E-state index is 14.1. The summed E-state index contributed by atoms with van der Waals surface area (Å²) >= 11 is 0. The van der Waals surface area contributed by atoms with Crippen LogP contribution in [0.2, 0.25) is 0 Å². The molecule has 2 heterocycles. The van der Waals surface area contributed by atoms with Gasteiger partial charge in [0.25, 0.3) is 0 Å². The largest absolute Gasteiger partial charge is 0.307 e. The SMILES string of the molecule is C=CCN1C(=O)[C@@]2(c3ccccc31)[C@@H]1CN(CC)CC=C1C(C#N)(C#N)C(=N)[C@@H]2C#N. The summed E-state index contributed by atoms with van der Waals surface area (Å²) in [7, 11) is 0. The Morgan fingerprint density at radius 2 is 2.00 bits per heavy atom. The van der Waals surface area contributed by atoms with Crippen molar-refractivity contribution in [1.29, 1.82) is 21.2 Å². The van der Waals surface area contributed by atoms with Crippen molar-refractivity contribution in [3.63, 3.8) is 0 Å². The molecule has 4 rings (SSSR count). The second kappa shape index (κ2) is 7.20. The van der Waals surface area contributed by atoms with Gasteiger partial charge in [-0.1, -0.05) is 37.3 Å². The van der Waals surface area contributed by atoms with Gasteiger partial charge in [0.05, 0.1) is 23.9 Å². The van der Waals surface area contributed by atoms with Crippen LogP contribution < -0.4 is 4.90 Å². The Balaban J connectivity index is 2.09. The predicted molar refractivity (Wildman–Crippen MR) is 115 cm³/mol. The molecular formula is C24H22N6O. The van der Waals surface area contributed by atoms with E-state index in [9.17, 15) is 20.6 Å². The van der Waals surface area contributed by atoms with Gasteiger partial charge in [0.1, 0.15) is 11.3 Å². The molecule has 0 radical (unpaired) electrons. The molecule has 1 aromatic carbocycles. The van der Waals surface area contributed by atoms with Gasteiger partial charge in [-0.05, 0) is 23.7 Å². The molecule has 3 aliphatic rings. The number of nitrogens with one attached hydrogen (secondary N) is 1. The number of nitriles is 3. The molecule has 1 N–H and O–H groups in total. The van der Waals surface area contributed by atoms with Crippen LogP contribution in [0.1, 0.15) is 12.5 Å². The predicted octanol–water partition coefficient (Wildman–Crippen LogP) is 2.54. The van der Waals surface area contributed by atoms with Crippen LogP contribution >= 0.6 is 0 Å². The van der Waals surface area contributed by atoms with Crippen LogP contribution in [0.25, 0.3) is 0 Å². The van der Waals surface area contributed by atoms with E-state index in [0.29, 0.717) is 29.9 Å². The molecule has 31 heavy (non-hydrogen) atoms.